The van der Waals surface area contributed by atoms with Crippen LogP contribution in [0.3, 0.4) is 0 Å². The number of hydrogen-bond acceptors (Lipinski definition) is 3. The Balaban J connectivity index is 2.16. The Morgan fingerprint density at radius 1 is 1.08 bits per heavy atom. The van der Waals surface area contributed by atoms with E-state index in [1.54, 1.807) is 19.1 Å². The summed E-state index contributed by atoms with van der Waals surface area (Å²) < 4.78 is 10.6. The molecular formula is C19H22ClNO3. The van der Waals surface area contributed by atoms with Gasteiger partial charge >= 0.3 is 0 Å². The van der Waals surface area contributed by atoms with E-state index >= 15 is 0 Å². The van der Waals surface area contributed by atoms with Crippen molar-refractivity contribution in [1.29, 1.82) is 0 Å². The molecule has 0 heterocycles. The van der Waals surface area contributed by atoms with Gasteiger partial charge in [0.15, 0.2) is 0 Å². The van der Waals surface area contributed by atoms with Crippen LogP contribution in [-0.4, -0.2) is 31.6 Å². The van der Waals surface area contributed by atoms with Crippen molar-refractivity contribution in [2.45, 2.75) is 19.9 Å². The van der Waals surface area contributed by atoms with Crippen LogP contribution in [0.4, 0.5) is 0 Å². The van der Waals surface area contributed by atoms with E-state index in [2.05, 4.69) is 0 Å². The molecule has 1 amide bonds. The molecule has 0 aliphatic rings. The second-order valence-corrected chi connectivity index (χ2v) is 5.76. The molecule has 0 spiro atoms. The maximum Gasteiger partial charge on any atom is 0.227 e. The lowest BCUT2D eigenvalue weighted by atomic mass is 10.1. The lowest BCUT2D eigenvalue weighted by Crippen LogP contribution is -2.31. The van der Waals surface area contributed by atoms with Gasteiger partial charge in [-0.2, -0.15) is 0 Å². The topological polar surface area (TPSA) is 38.8 Å². The van der Waals surface area contributed by atoms with Crippen LogP contribution >= 0.6 is 11.6 Å². The zero-order chi connectivity index (χ0) is 17.5. The molecule has 0 atom stereocenters. The Morgan fingerprint density at radius 3 is 2.46 bits per heavy atom. The van der Waals surface area contributed by atoms with E-state index in [0.717, 1.165) is 11.1 Å². The van der Waals surface area contributed by atoms with Gasteiger partial charge in [0.2, 0.25) is 5.91 Å². The van der Waals surface area contributed by atoms with Crippen LogP contribution in [0.5, 0.6) is 11.5 Å². The number of methoxy groups -OCH3 is 2. The predicted molar refractivity (Wildman–Crippen MR) is 95.8 cm³/mol. The fraction of sp³-hybridized carbons (Fsp3) is 0.316. The summed E-state index contributed by atoms with van der Waals surface area (Å²) in [6.07, 6.45) is 0.249. The molecule has 0 N–H and O–H groups in total. The van der Waals surface area contributed by atoms with E-state index in [9.17, 15) is 4.79 Å². The van der Waals surface area contributed by atoms with Gasteiger partial charge in [-0.1, -0.05) is 29.8 Å². The Morgan fingerprint density at radius 2 is 1.83 bits per heavy atom. The molecule has 0 saturated heterocycles. The third-order valence-electron chi connectivity index (χ3n) is 3.88. The number of carbonyl (C=O) groups is 1. The molecule has 0 radical (unpaired) electrons. The summed E-state index contributed by atoms with van der Waals surface area (Å²) in [4.78, 5) is 14.5. The van der Waals surface area contributed by atoms with Crippen LogP contribution in [0, 0.1) is 0 Å². The molecule has 2 aromatic rings. The zero-order valence-electron chi connectivity index (χ0n) is 14.2. The molecule has 5 heteroatoms. The number of amides is 1. The van der Waals surface area contributed by atoms with Crippen LogP contribution in [0.15, 0.2) is 42.5 Å². The summed E-state index contributed by atoms with van der Waals surface area (Å²) in [6.45, 7) is 3.05. The highest BCUT2D eigenvalue weighted by molar-refractivity contribution is 6.31. The van der Waals surface area contributed by atoms with Crippen molar-refractivity contribution in [2.75, 3.05) is 20.8 Å². The lowest BCUT2D eigenvalue weighted by molar-refractivity contribution is -0.130. The minimum atomic E-state index is 0.0176. The van der Waals surface area contributed by atoms with Crippen molar-refractivity contribution in [3.05, 3.63) is 58.6 Å². The summed E-state index contributed by atoms with van der Waals surface area (Å²) in [5.41, 5.74) is 1.74. The van der Waals surface area contributed by atoms with Gasteiger partial charge in [0.1, 0.15) is 11.5 Å². The number of halogens is 1. The largest absolute Gasteiger partial charge is 0.497 e. The first-order chi connectivity index (χ1) is 11.6. The average molecular weight is 348 g/mol. The second-order valence-electron chi connectivity index (χ2n) is 5.35. The molecule has 0 aliphatic carbocycles. The molecule has 0 unspecified atom stereocenters. The smallest absolute Gasteiger partial charge is 0.227 e. The predicted octanol–water partition coefficient (Wildman–Crippen LogP) is 3.95. The standard InChI is InChI=1S/C19H22ClNO3/c1-4-21(13-14-7-5-6-8-17(14)20)19(22)12-15-11-16(23-2)9-10-18(15)24-3/h5-11H,4,12-13H2,1-3H3. The van der Waals surface area contributed by atoms with Crippen LogP contribution in [0.1, 0.15) is 18.1 Å². The molecule has 0 bridgehead atoms. The summed E-state index contributed by atoms with van der Waals surface area (Å²) >= 11 is 6.20. The molecular weight excluding hydrogens is 326 g/mol. The summed E-state index contributed by atoms with van der Waals surface area (Å²) in [5, 5.41) is 0.669. The number of ether oxygens (including phenoxy) is 2. The molecule has 0 fully saturated rings. The summed E-state index contributed by atoms with van der Waals surface area (Å²) in [5.74, 6) is 1.40. The van der Waals surface area contributed by atoms with Gasteiger partial charge in [0, 0.05) is 23.7 Å². The molecule has 0 aromatic heterocycles. The molecule has 24 heavy (non-hydrogen) atoms. The van der Waals surface area contributed by atoms with Crippen molar-refractivity contribution in [2.24, 2.45) is 0 Å². The number of rotatable bonds is 7. The Bertz CT molecular complexity index is 703. The van der Waals surface area contributed by atoms with Crippen LogP contribution in [-0.2, 0) is 17.8 Å². The number of likely N-dealkylation sites (N-methyl/N-ethyl adjacent to an activating group) is 1. The average Bonchev–Trinajstić information content (AvgIpc) is 2.60. The van der Waals surface area contributed by atoms with E-state index in [1.807, 2.05) is 49.4 Å². The Kier molecular flexibility index (Phi) is 6.50. The van der Waals surface area contributed by atoms with Gasteiger partial charge in [-0.05, 0) is 36.8 Å². The van der Waals surface area contributed by atoms with Gasteiger partial charge in [-0.25, -0.2) is 0 Å². The van der Waals surface area contributed by atoms with Gasteiger partial charge in [0.05, 0.1) is 20.6 Å². The fourth-order valence-electron chi connectivity index (χ4n) is 2.50. The van der Waals surface area contributed by atoms with Crippen LogP contribution in [0.2, 0.25) is 5.02 Å². The zero-order valence-corrected chi connectivity index (χ0v) is 15.0. The first kappa shape index (κ1) is 18.1. The van der Waals surface area contributed by atoms with Gasteiger partial charge in [-0.15, -0.1) is 0 Å². The minimum absolute atomic E-state index is 0.0176. The maximum atomic E-state index is 12.7. The highest BCUT2D eigenvalue weighted by Crippen LogP contribution is 2.25. The first-order valence-corrected chi connectivity index (χ1v) is 8.19. The van der Waals surface area contributed by atoms with Crippen LogP contribution < -0.4 is 9.47 Å². The van der Waals surface area contributed by atoms with Crippen molar-refractivity contribution in [3.8, 4) is 11.5 Å². The second kappa shape index (κ2) is 8.60. The van der Waals surface area contributed by atoms with Gasteiger partial charge < -0.3 is 14.4 Å². The Hall–Kier alpha value is -2.20. The molecule has 2 aromatic carbocycles. The monoisotopic (exact) mass is 347 g/mol. The van der Waals surface area contributed by atoms with Crippen molar-refractivity contribution < 1.29 is 14.3 Å². The third-order valence-corrected chi connectivity index (χ3v) is 4.25. The third kappa shape index (κ3) is 4.42. The summed E-state index contributed by atoms with van der Waals surface area (Å²) in [6, 6.07) is 13.0. The SMILES string of the molecule is CCN(Cc1ccccc1Cl)C(=O)Cc1cc(OC)ccc1OC. The maximum absolute atomic E-state index is 12.7. The number of carbonyl (C=O) groups excluding carboxylic acids is 1. The van der Waals surface area contributed by atoms with Gasteiger partial charge in [-0.3, -0.25) is 4.79 Å². The first-order valence-electron chi connectivity index (χ1n) is 7.81. The number of hydrogen-bond donors (Lipinski definition) is 0. The lowest BCUT2D eigenvalue weighted by Gasteiger charge is -2.22. The molecule has 128 valence electrons. The molecule has 0 aliphatic heterocycles. The van der Waals surface area contributed by atoms with Crippen molar-refractivity contribution >= 4 is 17.5 Å². The van der Waals surface area contributed by atoms with E-state index in [-0.39, 0.29) is 12.3 Å². The van der Waals surface area contributed by atoms with E-state index in [4.69, 9.17) is 21.1 Å². The van der Waals surface area contributed by atoms with Crippen molar-refractivity contribution in [1.82, 2.24) is 4.90 Å². The van der Waals surface area contributed by atoms with Crippen LogP contribution in [0.25, 0.3) is 0 Å². The number of benzene rings is 2. The van der Waals surface area contributed by atoms with E-state index < -0.39 is 0 Å². The molecule has 4 nitrogen and oxygen atoms in total. The normalized spacial score (nSPS) is 10.3. The summed E-state index contributed by atoms with van der Waals surface area (Å²) in [7, 11) is 3.19. The number of nitrogens with zero attached hydrogens (tertiary/aromatic N) is 1. The molecule has 0 saturated carbocycles. The van der Waals surface area contributed by atoms with E-state index in [1.165, 1.54) is 0 Å². The van der Waals surface area contributed by atoms with E-state index in [0.29, 0.717) is 29.6 Å². The fourth-order valence-corrected chi connectivity index (χ4v) is 2.70. The highest BCUT2D eigenvalue weighted by Gasteiger charge is 2.17. The highest BCUT2D eigenvalue weighted by atomic mass is 35.5. The van der Waals surface area contributed by atoms with Gasteiger partial charge in [0.25, 0.3) is 0 Å². The Labute approximate surface area is 147 Å². The molecule has 2 rings (SSSR count). The van der Waals surface area contributed by atoms with Crippen molar-refractivity contribution in [3.63, 3.8) is 0 Å². The minimum Gasteiger partial charge on any atom is -0.497 e. The quantitative estimate of drug-likeness (QED) is 0.761.